The molecule has 3 atom stereocenters. The Morgan fingerprint density at radius 2 is 1.90 bits per heavy atom. The first-order valence-corrected chi connectivity index (χ1v) is 11.5. The smallest absolute Gasteiger partial charge is 0.332 e. The first kappa shape index (κ1) is 23.6. The highest BCUT2D eigenvalue weighted by Crippen LogP contribution is 2.41. The zero-order valence-electron chi connectivity index (χ0n) is 17.0. The Balaban J connectivity index is 1.91. The monoisotopic (exact) mass is 459 g/mol. The number of nitrogens with one attached hydrogen (secondary N) is 1. The van der Waals surface area contributed by atoms with Crippen molar-refractivity contribution < 1.29 is 42.4 Å². The predicted octanol–water partition coefficient (Wildman–Crippen LogP) is 1.16. The molecule has 31 heavy (non-hydrogen) atoms. The molecule has 4 N–H and O–H groups in total. The van der Waals surface area contributed by atoms with E-state index in [0.717, 1.165) is 12.1 Å². The number of benzene rings is 1. The third kappa shape index (κ3) is 4.90. The Kier molecular flexibility index (Phi) is 7.01. The molecule has 1 saturated heterocycles. The van der Waals surface area contributed by atoms with Gasteiger partial charge in [0, 0.05) is 6.42 Å². The maximum atomic E-state index is 13.6. The number of halogens is 1. The highest BCUT2D eigenvalue weighted by atomic mass is 32.2. The fourth-order valence-electron chi connectivity index (χ4n) is 3.96. The average molecular weight is 459 g/mol. The predicted molar refractivity (Wildman–Crippen MR) is 108 cm³/mol. The maximum Gasteiger partial charge on any atom is 0.332 e. The van der Waals surface area contributed by atoms with Gasteiger partial charge in [-0.2, -0.15) is 0 Å². The van der Waals surface area contributed by atoms with Gasteiger partial charge < -0.3 is 24.8 Å². The number of ether oxygens (including phenoxy) is 2. The van der Waals surface area contributed by atoms with Crippen LogP contribution in [0.15, 0.2) is 29.8 Å². The number of aliphatic hydroxyl groups is 2. The van der Waals surface area contributed by atoms with Crippen LogP contribution in [0.5, 0.6) is 0 Å². The molecule has 0 saturated carbocycles. The summed E-state index contributed by atoms with van der Waals surface area (Å²) in [6, 6.07) is 3.69. The van der Waals surface area contributed by atoms with Crippen LogP contribution >= 0.6 is 0 Å². The summed E-state index contributed by atoms with van der Waals surface area (Å²) in [6.45, 7) is 0.977. The molecule has 1 aliphatic carbocycles. The molecule has 3 rings (SSSR count). The van der Waals surface area contributed by atoms with Crippen molar-refractivity contribution in [2.75, 3.05) is 17.9 Å². The number of rotatable bonds is 8. The highest BCUT2D eigenvalue weighted by Gasteiger charge is 2.51. The average Bonchev–Trinajstić information content (AvgIpc) is 3.07. The van der Waals surface area contributed by atoms with Crippen LogP contribution in [0.2, 0.25) is 0 Å². The van der Waals surface area contributed by atoms with E-state index in [1.807, 2.05) is 6.92 Å². The molecule has 9 nitrogen and oxygen atoms in total. The molecule has 1 aliphatic heterocycles. The van der Waals surface area contributed by atoms with Crippen molar-refractivity contribution in [3.63, 3.8) is 0 Å². The summed E-state index contributed by atoms with van der Waals surface area (Å²) in [4.78, 5) is 11.9. The molecule has 1 fully saturated rings. The summed E-state index contributed by atoms with van der Waals surface area (Å²) in [5.41, 5.74) is 0.230. The Morgan fingerprint density at radius 1 is 1.26 bits per heavy atom. The van der Waals surface area contributed by atoms with Gasteiger partial charge in [-0.25, -0.2) is 17.6 Å². The maximum absolute atomic E-state index is 13.6. The molecule has 0 aromatic heterocycles. The molecular formula is C20H26FNO8S. The Morgan fingerprint density at radius 3 is 2.45 bits per heavy atom. The van der Waals surface area contributed by atoms with Gasteiger partial charge in [-0.1, -0.05) is 13.3 Å². The van der Waals surface area contributed by atoms with E-state index in [1.54, 1.807) is 0 Å². The summed E-state index contributed by atoms with van der Waals surface area (Å²) in [6.07, 6.45) is 0.353. The van der Waals surface area contributed by atoms with Crippen molar-refractivity contribution in [1.29, 1.82) is 0 Å². The van der Waals surface area contributed by atoms with Crippen molar-refractivity contribution in [3.8, 4) is 0 Å². The van der Waals surface area contributed by atoms with Crippen molar-refractivity contribution in [2.24, 2.45) is 0 Å². The van der Waals surface area contributed by atoms with E-state index >= 15 is 0 Å². The van der Waals surface area contributed by atoms with Gasteiger partial charge >= 0.3 is 5.97 Å². The topological polar surface area (TPSA) is 142 Å². The third-order valence-corrected chi connectivity index (χ3v) is 7.16. The minimum Gasteiger partial charge on any atom is -0.478 e. The van der Waals surface area contributed by atoms with Gasteiger partial charge in [-0.3, -0.25) is 4.72 Å². The van der Waals surface area contributed by atoms with Crippen LogP contribution in [-0.4, -0.2) is 66.2 Å². The van der Waals surface area contributed by atoms with E-state index in [4.69, 9.17) is 9.47 Å². The summed E-state index contributed by atoms with van der Waals surface area (Å²) in [5, 5.41) is 27.1. The molecule has 11 heteroatoms. The first-order valence-electron chi connectivity index (χ1n) is 9.98. The molecule has 0 bridgehead atoms. The van der Waals surface area contributed by atoms with E-state index in [1.165, 1.54) is 12.1 Å². The fourth-order valence-corrected chi connectivity index (χ4v) is 5.54. The fraction of sp³-hybridized carbons (Fsp3) is 0.550. The molecule has 1 unspecified atom stereocenters. The summed E-state index contributed by atoms with van der Waals surface area (Å²) in [5.74, 6) is -3.49. The molecule has 0 amide bonds. The lowest BCUT2D eigenvalue weighted by Crippen LogP contribution is -2.42. The summed E-state index contributed by atoms with van der Waals surface area (Å²) in [7, 11) is -4.20. The highest BCUT2D eigenvalue weighted by molar-refractivity contribution is 7.93. The number of carboxylic acids is 1. The lowest BCUT2D eigenvalue weighted by Gasteiger charge is -2.33. The Labute approximate surface area is 179 Å². The second-order valence-electron chi connectivity index (χ2n) is 7.62. The van der Waals surface area contributed by atoms with E-state index in [0.29, 0.717) is 18.4 Å². The SMILES string of the molecule is CCCc1cc(F)ccc1NS(=O)(=O)C1CCC2(C=C1C(=O)O)O[C@@H](CO)[C@H](CO)O2. The van der Waals surface area contributed by atoms with E-state index in [9.17, 15) is 32.9 Å². The molecule has 1 spiro atoms. The van der Waals surface area contributed by atoms with E-state index < -0.39 is 63.8 Å². The van der Waals surface area contributed by atoms with Gasteiger partial charge in [0.2, 0.25) is 10.0 Å². The van der Waals surface area contributed by atoms with Gasteiger partial charge in [0.05, 0.1) is 24.5 Å². The number of aliphatic hydroxyl groups excluding tert-OH is 2. The number of hydrogen-bond donors (Lipinski definition) is 4. The lowest BCUT2D eigenvalue weighted by atomic mass is 9.94. The molecule has 172 valence electrons. The minimum atomic E-state index is -4.20. The zero-order chi connectivity index (χ0) is 22.8. The lowest BCUT2D eigenvalue weighted by molar-refractivity contribution is -0.153. The van der Waals surface area contributed by atoms with Gasteiger partial charge in [-0.05, 0) is 42.7 Å². The number of anilines is 1. The van der Waals surface area contributed by atoms with Gasteiger partial charge in [0.25, 0.3) is 0 Å². The summed E-state index contributed by atoms with van der Waals surface area (Å²) < 4.78 is 53.4. The van der Waals surface area contributed by atoms with Crippen LogP contribution in [0, 0.1) is 5.82 Å². The van der Waals surface area contributed by atoms with Crippen molar-refractivity contribution in [2.45, 2.75) is 55.9 Å². The number of aryl methyl sites for hydroxylation is 1. The zero-order valence-corrected chi connectivity index (χ0v) is 17.8. The molecular weight excluding hydrogens is 433 g/mol. The van der Waals surface area contributed by atoms with Crippen LogP contribution in [0.4, 0.5) is 10.1 Å². The quantitative estimate of drug-likeness (QED) is 0.454. The second-order valence-corrected chi connectivity index (χ2v) is 9.48. The normalized spacial score (nSPS) is 25.4. The van der Waals surface area contributed by atoms with Gasteiger partial charge in [0.15, 0.2) is 5.79 Å². The molecule has 0 radical (unpaired) electrons. The first-order chi connectivity index (χ1) is 14.6. The number of carbonyl (C=O) groups is 1. The number of aliphatic carboxylic acids is 1. The van der Waals surface area contributed by atoms with Crippen LogP contribution in [0.3, 0.4) is 0 Å². The van der Waals surface area contributed by atoms with Crippen LogP contribution < -0.4 is 4.72 Å². The molecule has 1 aromatic carbocycles. The Bertz CT molecular complexity index is 952. The number of sulfonamides is 1. The number of hydrogen-bond acceptors (Lipinski definition) is 7. The Hall–Kier alpha value is -2.05. The van der Waals surface area contributed by atoms with Gasteiger partial charge in [-0.15, -0.1) is 0 Å². The van der Waals surface area contributed by atoms with Crippen LogP contribution in [0.1, 0.15) is 31.7 Å². The van der Waals surface area contributed by atoms with E-state index in [-0.39, 0.29) is 18.5 Å². The van der Waals surface area contributed by atoms with Gasteiger partial charge in [0.1, 0.15) is 23.3 Å². The van der Waals surface area contributed by atoms with Crippen LogP contribution in [-0.2, 0) is 30.7 Å². The van der Waals surface area contributed by atoms with Crippen LogP contribution in [0.25, 0.3) is 0 Å². The largest absolute Gasteiger partial charge is 0.478 e. The van der Waals surface area contributed by atoms with Crippen molar-refractivity contribution in [3.05, 3.63) is 41.2 Å². The molecule has 1 aromatic rings. The minimum absolute atomic E-state index is 0.00753. The number of carboxylic acid groups (broad SMARTS) is 1. The van der Waals surface area contributed by atoms with Crippen molar-refractivity contribution >= 4 is 21.7 Å². The summed E-state index contributed by atoms with van der Waals surface area (Å²) >= 11 is 0. The molecule has 1 heterocycles. The second kappa shape index (κ2) is 9.21. The van der Waals surface area contributed by atoms with E-state index in [2.05, 4.69) is 4.72 Å². The standard InChI is InChI=1S/C20H26FNO8S/c1-2-3-12-8-13(21)4-5-15(12)22-31(27,28)18-6-7-20(9-14(18)19(25)26)29-16(10-23)17(11-24)30-20/h4-5,8-9,16-18,22-24H,2-3,6-7,10-11H2,1H3,(H,25,26)/t16-,17-,18?/m0/s1. The molecule has 2 aliphatic rings. The third-order valence-electron chi connectivity index (χ3n) is 5.41. The van der Waals surface area contributed by atoms with Crippen molar-refractivity contribution in [1.82, 2.24) is 0 Å².